The standard InChI is InChI=1S/C22H33N5O3/c1-4-10-26-12-15(2)27(16(3)13-26)14-21(29)24-18-7-5-6-17(11-18)23-19-8-9-20(28)25-22(19)30/h5-7,11,15-16,19,23H,4,8-10,12-14H2,1-3H3,(H,24,29)(H,25,28,30)/t15-,16+,19-/m0/s1. The van der Waals surface area contributed by atoms with E-state index < -0.39 is 6.04 Å². The van der Waals surface area contributed by atoms with Crippen LogP contribution in [-0.2, 0) is 14.4 Å². The third-order valence-electron chi connectivity index (χ3n) is 5.77. The van der Waals surface area contributed by atoms with E-state index in [2.05, 4.69) is 46.5 Å². The summed E-state index contributed by atoms with van der Waals surface area (Å²) in [5.41, 5.74) is 1.42. The molecule has 2 aliphatic rings. The Kier molecular flexibility index (Phi) is 7.44. The predicted molar refractivity (Wildman–Crippen MR) is 117 cm³/mol. The molecule has 3 amide bonds. The summed E-state index contributed by atoms with van der Waals surface area (Å²) in [5, 5.41) is 8.46. The Bertz CT molecular complexity index is 772. The lowest BCUT2D eigenvalue weighted by Gasteiger charge is -2.44. The minimum Gasteiger partial charge on any atom is -0.374 e. The van der Waals surface area contributed by atoms with Crippen molar-refractivity contribution in [3.8, 4) is 0 Å². The highest BCUT2D eigenvalue weighted by atomic mass is 16.2. The highest BCUT2D eigenvalue weighted by Gasteiger charge is 2.30. The minimum atomic E-state index is -0.449. The topological polar surface area (TPSA) is 93.8 Å². The van der Waals surface area contributed by atoms with Crippen molar-refractivity contribution in [3.05, 3.63) is 24.3 Å². The van der Waals surface area contributed by atoms with E-state index in [0.717, 1.165) is 31.7 Å². The normalized spacial score (nSPS) is 25.6. The first-order valence-corrected chi connectivity index (χ1v) is 10.8. The number of nitrogens with one attached hydrogen (secondary N) is 3. The third kappa shape index (κ3) is 5.79. The molecule has 30 heavy (non-hydrogen) atoms. The molecule has 0 aromatic heterocycles. The summed E-state index contributed by atoms with van der Waals surface area (Å²) < 4.78 is 0. The van der Waals surface area contributed by atoms with E-state index >= 15 is 0 Å². The first-order chi connectivity index (χ1) is 14.4. The highest BCUT2D eigenvalue weighted by molar-refractivity contribution is 6.01. The fraction of sp³-hybridized carbons (Fsp3) is 0.591. The second kappa shape index (κ2) is 10.0. The third-order valence-corrected chi connectivity index (χ3v) is 5.77. The SMILES string of the molecule is CCCN1C[C@@H](C)N(CC(=O)Nc2cccc(N[C@H]3CCC(=O)NC3=O)c2)[C@@H](C)C1. The van der Waals surface area contributed by atoms with Crippen molar-refractivity contribution in [3.63, 3.8) is 0 Å². The summed E-state index contributed by atoms with van der Waals surface area (Å²) in [6.07, 6.45) is 1.92. The average Bonchev–Trinajstić information content (AvgIpc) is 2.67. The zero-order valence-corrected chi connectivity index (χ0v) is 18.1. The molecular weight excluding hydrogens is 382 g/mol. The summed E-state index contributed by atoms with van der Waals surface area (Å²) in [7, 11) is 0. The average molecular weight is 416 g/mol. The van der Waals surface area contributed by atoms with E-state index in [1.807, 2.05) is 24.3 Å². The van der Waals surface area contributed by atoms with Crippen LogP contribution in [0.15, 0.2) is 24.3 Å². The van der Waals surface area contributed by atoms with Crippen LogP contribution in [0.1, 0.15) is 40.0 Å². The molecule has 0 radical (unpaired) electrons. The summed E-state index contributed by atoms with van der Waals surface area (Å²) in [4.78, 5) is 40.6. The van der Waals surface area contributed by atoms with Crippen molar-refractivity contribution >= 4 is 29.1 Å². The van der Waals surface area contributed by atoms with Crippen molar-refractivity contribution in [1.29, 1.82) is 0 Å². The Morgan fingerprint density at radius 3 is 2.53 bits per heavy atom. The van der Waals surface area contributed by atoms with Gasteiger partial charge < -0.3 is 15.5 Å². The molecular formula is C22H33N5O3. The lowest BCUT2D eigenvalue weighted by molar-refractivity contribution is -0.133. The van der Waals surface area contributed by atoms with Crippen molar-refractivity contribution in [2.24, 2.45) is 0 Å². The van der Waals surface area contributed by atoms with Crippen LogP contribution in [0.3, 0.4) is 0 Å². The van der Waals surface area contributed by atoms with Crippen LogP contribution >= 0.6 is 0 Å². The molecule has 0 aliphatic carbocycles. The van der Waals surface area contributed by atoms with Gasteiger partial charge in [0.05, 0.1) is 6.54 Å². The van der Waals surface area contributed by atoms with E-state index in [1.54, 1.807) is 0 Å². The number of imide groups is 1. The van der Waals surface area contributed by atoms with Gasteiger partial charge in [-0.1, -0.05) is 13.0 Å². The number of nitrogens with zero attached hydrogens (tertiary/aromatic N) is 2. The van der Waals surface area contributed by atoms with Gasteiger partial charge >= 0.3 is 0 Å². The van der Waals surface area contributed by atoms with Crippen LogP contribution in [0.2, 0.25) is 0 Å². The molecule has 0 unspecified atom stereocenters. The largest absolute Gasteiger partial charge is 0.374 e. The van der Waals surface area contributed by atoms with Crippen molar-refractivity contribution in [1.82, 2.24) is 15.1 Å². The van der Waals surface area contributed by atoms with E-state index in [1.165, 1.54) is 0 Å². The molecule has 0 spiro atoms. The number of piperidine rings is 1. The molecule has 0 saturated carbocycles. The molecule has 2 saturated heterocycles. The van der Waals surface area contributed by atoms with Gasteiger partial charge in [-0.15, -0.1) is 0 Å². The Hall–Kier alpha value is -2.45. The van der Waals surface area contributed by atoms with Gasteiger partial charge in [0.2, 0.25) is 17.7 Å². The molecule has 8 heteroatoms. The van der Waals surface area contributed by atoms with Gasteiger partial charge in [0.25, 0.3) is 0 Å². The molecule has 2 aliphatic heterocycles. The lowest BCUT2D eigenvalue weighted by Crippen LogP contribution is -2.58. The van der Waals surface area contributed by atoms with Crippen molar-refractivity contribution < 1.29 is 14.4 Å². The van der Waals surface area contributed by atoms with E-state index in [4.69, 9.17) is 0 Å². The van der Waals surface area contributed by atoms with Gasteiger partial charge in [-0.05, 0) is 51.4 Å². The fourth-order valence-electron chi connectivity index (χ4n) is 4.36. The molecule has 2 fully saturated rings. The Labute approximate surface area is 178 Å². The molecule has 8 nitrogen and oxygen atoms in total. The first-order valence-electron chi connectivity index (χ1n) is 10.8. The Balaban J connectivity index is 1.55. The van der Waals surface area contributed by atoms with Gasteiger partial charge in [-0.3, -0.25) is 24.6 Å². The van der Waals surface area contributed by atoms with Crippen molar-refractivity contribution in [2.75, 3.05) is 36.8 Å². The number of hydrogen-bond acceptors (Lipinski definition) is 6. The number of rotatable bonds is 7. The number of hydrogen-bond donors (Lipinski definition) is 3. The zero-order chi connectivity index (χ0) is 21.7. The number of piperazine rings is 1. The lowest BCUT2D eigenvalue weighted by atomic mass is 10.1. The van der Waals surface area contributed by atoms with Gasteiger partial charge in [0, 0.05) is 43.0 Å². The number of benzene rings is 1. The Morgan fingerprint density at radius 1 is 1.17 bits per heavy atom. The van der Waals surface area contributed by atoms with Gasteiger partial charge in [0.15, 0.2) is 0 Å². The summed E-state index contributed by atoms with van der Waals surface area (Å²) >= 11 is 0. The van der Waals surface area contributed by atoms with Crippen LogP contribution in [0, 0.1) is 0 Å². The van der Waals surface area contributed by atoms with Gasteiger partial charge in [-0.25, -0.2) is 0 Å². The maximum Gasteiger partial charge on any atom is 0.249 e. The van der Waals surface area contributed by atoms with Crippen LogP contribution in [-0.4, -0.2) is 71.8 Å². The first kappa shape index (κ1) is 22.2. The van der Waals surface area contributed by atoms with E-state index in [9.17, 15) is 14.4 Å². The monoisotopic (exact) mass is 415 g/mol. The minimum absolute atomic E-state index is 0.0456. The number of amides is 3. The quantitative estimate of drug-likeness (QED) is 0.587. The summed E-state index contributed by atoms with van der Waals surface area (Å²) in [6, 6.07) is 7.52. The maximum atomic E-state index is 12.7. The molecule has 3 N–H and O–H groups in total. The molecule has 3 rings (SSSR count). The molecule has 0 bridgehead atoms. The Morgan fingerprint density at radius 2 is 1.87 bits per heavy atom. The second-order valence-corrected chi connectivity index (χ2v) is 8.41. The maximum absolute atomic E-state index is 12.7. The zero-order valence-electron chi connectivity index (χ0n) is 18.1. The smallest absolute Gasteiger partial charge is 0.249 e. The van der Waals surface area contributed by atoms with Gasteiger partial charge in [-0.2, -0.15) is 0 Å². The van der Waals surface area contributed by atoms with Crippen LogP contribution in [0.5, 0.6) is 0 Å². The number of anilines is 2. The van der Waals surface area contributed by atoms with E-state index in [0.29, 0.717) is 37.2 Å². The fourth-order valence-corrected chi connectivity index (χ4v) is 4.36. The van der Waals surface area contributed by atoms with E-state index in [-0.39, 0.29) is 17.7 Å². The second-order valence-electron chi connectivity index (χ2n) is 8.41. The predicted octanol–water partition coefficient (Wildman–Crippen LogP) is 1.65. The number of carbonyl (C=O) groups is 3. The molecule has 1 aromatic rings. The van der Waals surface area contributed by atoms with Gasteiger partial charge in [0.1, 0.15) is 6.04 Å². The molecule has 2 heterocycles. The molecule has 1 aromatic carbocycles. The molecule has 3 atom stereocenters. The summed E-state index contributed by atoms with van der Waals surface area (Å²) in [5.74, 6) is -0.597. The van der Waals surface area contributed by atoms with Crippen LogP contribution in [0.4, 0.5) is 11.4 Å². The van der Waals surface area contributed by atoms with Crippen LogP contribution in [0.25, 0.3) is 0 Å². The highest BCUT2D eigenvalue weighted by Crippen LogP contribution is 2.20. The number of carbonyl (C=O) groups excluding carboxylic acids is 3. The van der Waals surface area contributed by atoms with Crippen molar-refractivity contribution in [2.45, 2.75) is 58.2 Å². The molecule has 164 valence electrons. The van der Waals surface area contributed by atoms with Crippen LogP contribution < -0.4 is 16.0 Å². The summed E-state index contributed by atoms with van der Waals surface area (Å²) in [6.45, 7) is 9.97.